The number of rotatable bonds is 2. The maximum Gasteiger partial charge on any atom is 0.133 e. The quantitative estimate of drug-likeness (QED) is 0.615. The fraction of sp³-hybridized carbons (Fsp3) is 0.769. The van der Waals surface area contributed by atoms with E-state index >= 15 is 0 Å². The van der Waals surface area contributed by atoms with Crippen molar-refractivity contribution >= 4 is 5.78 Å². The van der Waals surface area contributed by atoms with E-state index in [2.05, 4.69) is 25.7 Å². The van der Waals surface area contributed by atoms with Crippen LogP contribution in [-0.4, -0.2) is 5.78 Å². The normalized spacial score (nSPS) is 27.3. The highest BCUT2D eigenvalue weighted by atomic mass is 16.1. The van der Waals surface area contributed by atoms with Gasteiger partial charge in [-0.15, -0.1) is 11.8 Å². The van der Waals surface area contributed by atoms with Gasteiger partial charge in [-0.25, -0.2) is 0 Å². The summed E-state index contributed by atoms with van der Waals surface area (Å²) in [5, 5.41) is 0. The molecular weight excluding hydrogens is 172 g/mol. The van der Waals surface area contributed by atoms with Crippen LogP contribution in [0.4, 0.5) is 0 Å². The Morgan fingerprint density at radius 3 is 2.79 bits per heavy atom. The third-order valence-electron chi connectivity index (χ3n) is 3.25. The molecule has 0 aliphatic heterocycles. The predicted molar refractivity (Wildman–Crippen MR) is 58.7 cm³/mol. The first-order chi connectivity index (χ1) is 6.65. The monoisotopic (exact) mass is 192 g/mol. The standard InChI is InChI=1S/C13H20O/c1-4-5-6-11-9-12(14)7-8-13(11)10(2)3/h10-11,13H,6-9H2,1-3H3. The molecule has 1 aliphatic rings. The molecular formula is C13H20O. The van der Waals surface area contributed by atoms with Gasteiger partial charge in [0.05, 0.1) is 0 Å². The number of hydrogen-bond acceptors (Lipinski definition) is 1. The Morgan fingerprint density at radius 2 is 2.21 bits per heavy atom. The van der Waals surface area contributed by atoms with E-state index in [-0.39, 0.29) is 0 Å². The van der Waals surface area contributed by atoms with Crippen molar-refractivity contribution in [2.45, 2.75) is 46.5 Å². The summed E-state index contributed by atoms with van der Waals surface area (Å²) in [4.78, 5) is 11.4. The van der Waals surface area contributed by atoms with Gasteiger partial charge in [0, 0.05) is 19.3 Å². The molecule has 0 amide bonds. The SMILES string of the molecule is CC#CCC1CC(=O)CCC1C(C)C. The number of carbonyl (C=O) groups is 1. The fourth-order valence-corrected chi connectivity index (χ4v) is 2.44. The van der Waals surface area contributed by atoms with Crippen LogP contribution in [0.15, 0.2) is 0 Å². The molecule has 0 aromatic rings. The Bertz CT molecular complexity index is 254. The lowest BCUT2D eigenvalue weighted by atomic mass is 9.72. The molecule has 14 heavy (non-hydrogen) atoms. The van der Waals surface area contributed by atoms with Crippen molar-refractivity contribution in [3.05, 3.63) is 0 Å². The number of ketones is 1. The molecule has 2 unspecified atom stereocenters. The molecule has 1 rings (SSSR count). The van der Waals surface area contributed by atoms with Gasteiger partial charge in [0.15, 0.2) is 0 Å². The van der Waals surface area contributed by atoms with Crippen LogP contribution >= 0.6 is 0 Å². The minimum atomic E-state index is 0.435. The zero-order valence-corrected chi connectivity index (χ0v) is 9.47. The van der Waals surface area contributed by atoms with E-state index in [1.54, 1.807) is 0 Å². The van der Waals surface area contributed by atoms with Gasteiger partial charge < -0.3 is 0 Å². The molecule has 0 aromatic heterocycles. The molecule has 0 saturated heterocycles. The molecule has 78 valence electrons. The van der Waals surface area contributed by atoms with Gasteiger partial charge in [0.1, 0.15) is 5.78 Å². The van der Waals surface area contributed by atoms with Crippen LogP contribution in [0.5, 0.6) is 0 Å². The van der Waals surface area contributed by atoms with Gasteiger partial charge in [-0.05, 0) is 31.1 Å². The van der Waals surface area contributed by atoms with Crippen molar-refractivity contribution in [2.75, 3.05) is 0 Å². The van der Waals surface area contributed by atoms with E-state index in [1.165, 1.54) is 0 Å². The summed E-state index contributed by atoms with van der Waals surface area (Å²) in [5.41, 5.74) is 0. The summed E-state index contributed by atoms with van der Waals surface area (Å²) in [7, 11) is 0. The molecule has 1 nitrogen and oxygen atoms in total. The van der Waals surface area contributed by atoms with Crippen molar-refractivity contribution in [1.29, 1.82) is 0 Å². The summed E-state index contributed by atoms with van der Waals surface area (Å²) in [5.74, 6) is 8.39. The lowest BCUT2D eigenvalue weighted by molar-refractivity contribution is -0.123. The highest BCUT2D eigenvalue weighted by Gasteiger charge is 2.30. The minimum absolute atomic E-state index is 0.435. The van der Waals surface area contributed by atoms with Gasteiger partial charge >= 0.3 is 0 Å². The van der Waals surface area contributed by atoms with E-state index in [9.17, 15) is 4.79 Å². The molecule has 1 aliphatic carbocycles. The van der Waals surface area contributed by atoms with Gasteiger partial charge in [-0.1, -0.05) is 13.8 Å². The molecule has 0 N–H and O–H groups in total. The van der Waals surface area contributed by atoms with Crippen molar-refractivity contribution in [3.63, 3.8) is 0 Å². The Hall–Kier alpha value is -0.770. The van der Waals surface area contributed by atoms with Crippen molar-refractivity contribution in [1.82, 2.24) is 0 Å². The third-order valence-corrected chi connectivity index (χ3v) is 3.25. The van der Waals surface area contributed by atoms with Crippen molar-refractivity contribution < 1.29 is 4.79 Å². The molecule has 1 fully saturated rings. The lowest BCUT2D eigenvalue weighted by Crippen LogP contribution is -2.28. The molecule has 0 bridgehead atoms. The third kappa shape index (κ3) is 2.87. The van der Waals surface area contributed by atoms with Gasteiger partial charge in [-0.3, -0.25) is 4.79 Å². The zero-order valence-electron chi connectivity index (χ0n) is 9.47. The lowest BCUT2D eigenvalue weighted by Gasteiger charge is -2.32. The second-order valence-electron chi connectivity index (χ2n) is 4.58. The first kappa shape index (κ1) is 11.3. The maximum atomic E-state index is 11.4. The molecule has 1 saturated carbocycles. The Morgan fingerprint density at radius 1 is 1.50 bits per heavy atom. The van der Waals surface area contributed by atoms with Gasteiger partial charge in [0.2, 0.25) is 0 Å². The molecule has 0 spiro atoms. The minimum Gasteiger partial charge on any atom is -0.300 e. The molecule has 2 atom stereocenters. The number of Topliss-reactive ketones (excluding diaryl/α,β-unsaturated/α-hetero) is 1. The topological polar surface area (TPSA) is 17.1 Å². The highest BCUT2D eigenvalue weighted by molar-refractivity contribution is 5.79. The molecule has 1 heteroatoms. The number of carbonyl (C=O) groups excluding carboxylic acids is 1. The molecule has 0 heterocycles. The molecule has 0 radical (unpaired) electrons. The van der Waals surface area contributed by atoms with E-state index in [4.69, 9.17) is 0 Å². The van der Waals surface area contributed by atoms with Crippen LogP contribution in [0, 0.1) is 29.6 Å². The second kappa shape index (κ2) is 5.20. The summed E-state index contributed by atoms with van der Waals surface area (Å²) in [6, 6.07) is 0. The summed E-state index contributed by atoms with van der Waals surface area (Å²) >= 11 is 0. The Balaban J connectivity index is 2.61. The summed E-state index contributed by atoms with van der Waals surface area (Å²) < 4.78 is 0. The largest absolute Gasteiger partial charge is 0.300 e. The van der Waals surface area contributed by atoms with E-state index < -0.39 is 0 Å². The number of hydrogen-bond donors (Lipinski definition) is 0. The Kier molecular flexibility index (Phi) is 4.20. The Labute approximate surface area is 87.3 Å². The summed E-state index contributed by atoms with van der Waals surface area (Å²) in [6.07, 6.45) is 3.54. The predicted octanol–water partition coefficient (Wildman–Crippen LogP) is 3.04. The van der Waals surface area contributed by atoms with Crippen molar-refractivity contribution in [2.24, 2.45) is 17.8 Å². The van der Waals surface area contributed by atoms with E-state index in [0.29, 0.717) is 23.5 Å². The van der Waals surface area contributed by atoms with Crippen LogP contribution in [0.1, 0.15) is 46.5 Å². The van der Waals surface area contributed by atoms with Crippen LogP contribution < -0.4 is 0 Å². The van der Waals surface area contributed by atoms with Crippen LogP contribution in [0.2, 0.25) is 0 Å². The maximum absolute atomic E-state index is 11.4. The fourth-order valence-electron chi connectivity index (χ4n) is 2.44. The highest BCUT2D eigenvalue weighted by Crippen LogP contribution is 2.35. The molecule has 0 aromatic carbocycles. The van der Waals surface area contributed by atoms with Crippen LogP contribution in [0.3, 0.4) is 0 Å². The average Bonchev–Trinajstić information content (AvgIpc) is 2.14. The van der Waals surface area contributed by atoms with E-state index in [1.807, 2.05) is 6.92 Å². The van der Waals surface area contributed by atoms with Crippen LogP contribution in [0.25, 0.3) is 0 Å². The van der Waals surface area contributed by atoms with Crippen molar-refractivity contribution in [3.8, 4) is 11.8 Å². The first-order valence-electron chi connectivity index (χ1n) is 5.56. The van der Waals surface area contributed by atoms with Gasteiger partial charge in [0.25, 0.3) is 0 Å². The van der Waals surface area contributed by atoms with E-state index in [0.717, 1.165) is 25.7 Å². The second-order valence-corrected chi connectivity index (χ2v) is 4.58. The smallest absolute Gasteiger partial charge is 0.133 e. The average molecular weight is 192 g/mol. The zero-order chi connectivity index (χ0) is 10.6. The first-order valence-corrected chi connectivity index (χ1v) is 5.56. The summed E-state index contributed by atoms with van der Waals surface area (Å²) in [6.45, 7) is 6.38. The van der Waals surface area contributed by atoms with Gasteiger partial charge in [-0.2, -0.15) is 0 Å². The van der Waals surface area contributed by atoms with Crippen LogP contribution in [-0.2, 0) is 4.79 Å².